The van der Waals surface area contributed by atoms with Gasteiger partial charge < -0.3 is 9.64 Å². The largest absolute Gasteiger partial charge is 0.381 e. The third kappa shape index (κ3) is 3.52. The molecular weight excluding hydrogens is 293 g/mol. The molecule has 4 rings (SSSR count). The van der Waals surface area contributed by atoms with Crippen molar-refractivity contribution in [3.05, 3.63) is 30.1 Å². The molecule has 1 atom stereocenters. The molecule has 1 aromatic rings. The summed E-state index contributed by atoms with van der Waals surface area (Å²) in [6, 6.07) is 7.61. The van der Waals surface area contributed by atoms with Crippen LogP contribution < -0.4 is 4.90 Å². The molecule has 3 aliphatic rings. The van der Waals surface area contributed by atoms with Gasteiger partial charge in [0.2, 0.25) is 0 Å². The van der Waals surface area contributed by atoms with Crippen LogP contribution in [0.3, 0.4) is 0 Å². The third-order valence-electron chi connectivity index (χ3n) is 5.50. The maximum absolute atomic E-state index is 13.0. The van der Waals surface area contributed by atoms with Gasteiger partial charge in [0.15, 0.2) is 0 Å². The first kappa shape index (κ1) is 15.4. The van der Waals surface area contributed by atoms with E-state index in [0.29, 0.717) is 0 Å². The van der Waals surface area contributed by atoms with Crippen LogP contribution in [0.1, 0.15) is 6.42 Å². The molecule has 0 N–H and O–H groups in total. The lowest BCUT2D eigenvalue weighted by Crippen LogP contribution is -2.63. The predicted octanol–water partition coefficient (Wildman–Crippen LogP) is 1.67. The molecule has 0 radical (unpaired) electrons. The Hall–Kier alpha value is -1.17. The van der Waals surface area contributed by atoms with Crippen LogP contribution in [-0.4, -0.2) is 74.9 Å². The summed E-state index contributed by atoms with van der Waals surface area (Å²) < 4.78 is 18.5. The molecule has 0 saturated carbocycles. The fraction of sp³-hybridized carbons (Fsp3) is 0.667. The molecule has 5 heteroatoms. The van der Waals surface area contributed by atoms with Crippen LogP contribution in [-0.2, 0) is 4.74 Å². The second-order valence-corrected chi connectivity index (χ2v) is 7.10. The molecule has 3 saturated heterocycles. The summed E-state index contributed by atoms with van der Waals surface area (Å²) in [5.41, 5.74) is 1.14. The van der Waals surface area contributed by atoms with E-state index >= 15 is 0 Å². The summed E-state index contributed by atoms with van der Waals surface area (Å²) in [6.07, 6.45) is 1.23. The summed E-state index contributed by atoms with van der Waals surface area (Å²) >= 11 is 0. The Labute approximate surface area is 137 Å². The van der Waals surface area contributed by atoms with Crippen molar-refractivity contribution in [3.63, 3.8) is 0 Å². The van der Waals surface area contributed by atoms with E-state index in [-0.39, 0.29) is 5.82 Å². The van der Waals surface area contributed by atoms with E-state index in [1.54, 1.807) is 12.1 Å². The molecule has 0 bridgehead atoms. The number of hydrogen-bond acceptors (Lipinski definition) is 4. The zero-order valence-corrected chi connectivity index (χ0v) is 13.7. The zero-order chi connectivity index (χ0) is 15.6. The molecule has 3 fully saturated rings. The first-order chi connectivity index (χ1) is 11.3. The molecule has 1 unspecified atom stereocenters. The highest BCUT2D eigenvalue weighted by atomic mass is 19.1. The van der Waals surface area contributed by atoms with Crippen molar-refractivity contribution in [1.82, 2.24) is 9.80 Å². The van der Waals surface area contributed by atoms with Gasteiger partial charge in [0.25, 0.3) is 0 Å². The van der Waals surface area contributed by atoms with Crippen molar-refractivity contribution in [3.8, 4) is 0 Å². The van der Waals surface area contributed by atoms with Crippen LogP contribution in [0.15, 0.2) is 24.3 Å². The van der Waals surface area contributed by atoms with E-state index < -0.39 is 0 Å². The summed E-state index contributed by atoms with van der Waals surface area (Å²) in [5, 5.41) is 0. The number of benzene rings is 1. The lowest BCUT2D eigenvalue weighted by Gasteiger charge is -2.49. The minimum atomic E-state index is -0.158. The van der Waals surface area contributed by atoms with Crippen LogP contribution >= 0.6 is 0 Å². The number of anilines is 1. The molecule has 0 spiro atoms. The van der Waals surface area contributed by atoms with Crippen LogP contribution in [0, 0.1) is 11.7 Å². The van der Waals surface area contributed by atoms with Gasteiger partial charge in [-0.3, -0.25) is 9.80 Å². The Balaban J connectivity index is 1.21. The maximum atomic E-state index is 13.0. The normalized spacial score (nSPS) is 27.3. The number of rotatable bonds is 4. The molecule has 1 aromatic carbocycles. The zero-order valence-electron chi connectivity index (χ0n) is 13.7. The van der Waals surface area contributed by atoms with Crippen molar-refractivity contribution in [1.29, 1.82) is 0 Å². The van der Waals surface area contributed by atoms with E-state index in [4.69, 9.17) is 4.74 Å². The highest BCUT2D eigenvalue weighted by molar-refractivity contribution is 5.46. The molecule has 3 heterocycles. The van der Waals surface area contributed by atoms with E-state index in [9.17, 15) is 4.39 Å². The number of likely N-dealkylation sites (tertiary alicyclic amines) is 1. The van der Waals surface area contributed by atoms with E-state index in [0.717, 1.165) is 57.0 Å². The SMILES string of the molecule is Fc1ccc(N2CCN(C3CN(CC4CCOC4)C3)CC2)cc1. The lowest BCUT2D eigenvalue weighted by atomic mass is 10.0. The first-order valence-corrected chi connectivity index (χ1v) is 8.82. The molecule has 3 aliphatic heterocycles. The van der Waals surface area contributed by atoms with E-state index in [2.05, 4.69) is 14.7 Å². The number of nitrogens with zero attached hydrogens (tertiary/aromatic N) is 3. The molecule has 23 heavy (non-hydrogen) atoms. The lowest BCUT2D eigenvalue weighted by molar-refractivity contribution is 0.0199. The first-order valence-electron chi connectivity index (χ1n) is 8.82. The van der Waals surface area contributed by atoms with Gasteiger partial charge >= 0.3 is 0 Å². The highest BCUT2D eigenvalue weighted by Crippen LogP contribution is 2.23. The Kier molecular flexibility index (Phi) is 4.51. The number of piperazine rings is 1. The molecular formula is C18H26FN3O. The van der Waals surface area contributed by atoms with Crippen molar-refractivity contribution >= 4 is 5.69 Å². The van der Waals surface area contributed by atoms with Gasteiger partial charge in [-0.25, -0.2) is 4.39 Å². The topological polar surface area (TPSA) is 19.0 Å². The molecule has 0 amide bonds. The van der Waals surface area contributed by atoms with Crippen LogP contribution in [0.5, 0.6) is 0 Å². The number of halogens is 1. The van der Waals surface area contributed by atoms with Crippen molar-refractivity contribution < 1.29 is 9.13 Å². The fourth-order valence-electron chi connectivity index (χ4n) is 4.01. The second kappa shape index (κ2) is 6.75. The summed E-state index contributed by atoms with van der Waals surface area (Å²) in [4.78, 5) is 7.57. The van der Waals surface area contributed by atoms with Gasteiger partial charge in [0.05, 0.1) is 6.61 Å². The third-order valence-corrected chi connectivity index (χ3v) is 5.50. The Morgan fingerprint density at radius 3 is 2.43 bits per heavy atom. The fourth-order valence-corrected chi connectivity index (χ4v) is 4.01. The van der Waals surface area contributed by atoms with E-state index in [1.165, 1.54) is 26.1 Å². The average molecular weight is 319 g/mol. The van der Waals surface area contributed by atoms with Gasteiger partial charge in [-0.05, 0) is 36.6 Å². The van der Waals surface area contributed by atoms with Gasteiger partial charge in [-0.2, -0.15) is 0 Å². The second-order valence-electron chi connectivity index (χ2n) is 7.10. The van der Waals surface area contributed by atoms with Crippen molar-refractivity contribution in [2.75, 3.05) is 63.9 Å². The molecule has 0 aliphatic carbocycles. The summed E-state index contributed by atoms with van der Waals surface area (Å²) in [5.74, 6) is 0.598. The Morgan fingerprint density at radius 2 is 1.78 bits per heavy atom. The van der Waals surface area contributed by atoms with E-state index in [1.807, 2.05) is 12.1 Å². The van der Waals surface area contributed by atoms with Crippen LogP contribution in [0.25, 0.3) is 0 Å². The molecule has 0 aromatic heterocycles. The molecule has 4 nitrogen and oxygen atoms in total. The minimum absolute atomic E-state index is 0.158. The molecule has 126 valence electrons. The number of ether oxygens (including phenoxy) is 1. The smallest absolute Gasteiger partial charge is 0.123 e. The van der Waals surface area contributed by atoms with Crippen LogP contribution in [0.4, 0.5) is 10.1 Å². The minimum Gasteiger partial charge on any atom is -0.381 e. The van der Waals surface area contributed by atoms with Crippen LogP contribution in [0.2, 0.25) is 0 Å². The van der Waals surface area contributed by atoms with Crippen molar-refractivity contribution in [2.24, 2.45) is 5.92 Å². The van der Waals surface area contributed by atoms with Gasteiger partial charge in [0, 0.05) is 64.1 Å². The standard InChI is InChI=1S/C18H26FN3O/c19-16-1-3-17(4-2-16)21-6-8-22(9-7-21)18-12-20(13-18)11-15-5-10-23-14-15/h1-4,15,18H,5-14H2. The van der Waals surface area contributed by atoms with Gasteiger partial charge in [0.1, 0.15) is 5.82 Å². The predicted molar refractivity (Wildman–Crippen MR) is 89.3 cm³/mol. The average Bonchev–Trinajstić information content (AvgIpc) is 3.05. The van der Waals surface area contributed by atoms with Crippen molar-refractivity contribution in [2.45, 2.75) is 12.5 Å². The summed E-state index contributed by atoms with van der Waals surface area (Å²) in [7, 11) is 0. The summed E-state index contributed by atoms with van der Waals surface area (Å²) in [6.45, 7) is 9.86. The monoisotopic (exact) mass is 319 g/mol. The number of hydrogen-bond donors (Lipinski definition) is 0. The van der Waals surface area contributed by atoms with Gasteiger partial charge in [-0.15, -0.1) is 0 Å². The Morgan fingerprint density at radius 1 is 1.04 bits per heavy atom. The Bertz CT molecular complexity index is 504. The highest BCUT2D eigenvalue weighted by Gasteiger charge is 2.34. The quantitative estimate of drug-likeness (QED) is 0.840. The van der Waals surface area contributed by atoms with Gasteiger partial charge in [-0.1, -0.05) is 0 Å². The maximum Gasteiger partial charge on any atom is 0.123 e.